The number of piperidine rings is 1. The minimum absolute atomic E-state index is 0.0667. The van der Waals surface area contributed by atoms with Crippen molar-refractivity contribution in [2.45, 2.75) is 74.9 Å². The van der Waals surface area contributed by atoms with Crippen LogP contribution in [0.3, 0.4) is 0 Å². The van der Waals surface area contributed by atoms with Crippen LogP contribution in [0, 0.1) is 0 Å². The summed E-state index contributed by atoms with van der Waals surface area (Å²) in [5.41, 5.74) is -0.330. The molecule has 0 radical (unpaired) electrons. The summed E-state index contributed by atoms with van der Waals surface area (Å²) < 4.78 is 46.8. The number of aliphatic hydroxyl groups excluding tert-OH is 1. The summed E-state index contributed by atoms with van der Waals surface area (Å²) >= 11 is 0. The maximum Gasteiger partial charge on any atom is 0.410 e. The number of sulfone groups is 1. The molecule has 2 saturated heterocycles. The Labute approximate surface area is 253 Å². The zero-order valence-electron chi connectivity index (χ0n) is 25.2. The molecule has 0 bridgehead atoms. The number of aliphatic hydroxyl groups is 1. The van der Waals surface area contributed by atoms with Crippen molar-refractivity contribution in [2.75, 3.05) is 39.1 Å². The third kappa shape index (κ3) is 9.32. The van der Waals surface area contributed by atoms with Gasteiger partial charge in [-0.05, 0) is 63.8 Å². The SMILES string of the molecule is CC(C)(C)OC(=O)N(C[C@@H](O)COc1cccc(S(C)(=O)=O)c1)[C@H]1COC2(CCN(C(=O)OCc3ccccc3)CC2)C1. The largest absolute Gasteiger partial charge is 0.491 e. The molecule has 43 heavy (non-hydrogen) atoms. The minimum atomic E-state index is -3.41. The zero-order valence-corrected chi connectivity index (χ0v) is 26.0. The molecule has 1 spiro atoms. The van der Waals surface area contributed by atoms with Gasteiger partial charge in [-0.25, -0.2) is 18.0 Å². The number of rotatable bonds is 9. The van der Waals surface area contributed by atoms with Crippen molar-refractivity contribution in [3.05, 3.63) is 60.2 Å². The highest BCUT2D eigenvalue weighted by Gasteiger charge is 2.47. The van der Waals surface area contributed by atoms with Crippen LogP contribution in [0.2, 0.25) is 0 Å². The Morgan fingerprint density at radius 1 is 1.12 bits per heavy atom. The van der Waals surface area contributed by atoms with Gasteiger partial charge in [-0.15, -0.1) is 0 Å². The Morgan fingerprint density at radius 2 is 1.81 bits per heavy atom. The first kappa shape index (κ1) is 32.6. The van der Waals surface area contributed by atoms with Gasteiger partial charge < -0.3 is 33.9 Å². The van der Waals surface area contributed by atoms with E-state index in [0.29, 0.717) is 38.1 Å². The van der Waals surface area contributed by atoms with Gasteiger partial charge in [-0.1, -0.05) is 36.4 Å². The van der Waals surface area contributed by atoms with Crippen LogP contribution >= 0.6 is 0 Å². The fraction of sp³-hybridized carbons (Fsp3) is 0.548. The zero-order chi connectivity index (χ0) is 31.3. The second kappa shape index (κ2) is 13.5. The van der Waals surface area contributed by atoms with E-state index in [0.717, 1.165) is 11.8 Å². The average Bonchev–Trinajstić information content (AvgIpc) is 3.36. The van der Waals surface area contributed by atoms with Crippen molar-refractivity contribution in [1.29, 1.82) is 0 Å². The van der Waals surface area contributed by atoms with Crippen LogP contribution in [0.4, 0.5) is 9.59 Å². The fourth-order valence-corrected chi connectivity index (χ4v) is 5.89. The number of ether oxygens (including phenoxy) is 4. The lowest BCUT2D eigenvalue weighted by Gasteiger charge is -2.38. The second-order valence-corrected chi connectivity index (χ2v) is 14.2. The minimum Gasteiger partial charge on any atom is -0.491 e. The van der Waals surface area contributed by atoms with Gasteiger partial charge in [0.25, 0.3) is 0 Å². The number of benzene rings is 2. The molecule has 11 nitrogen and oxygen atoms in total. The van der Waals surface area contributed by atoms with Crippen molar-refractivity contribution < 1.29 is 42.1 Å². The van der Waals surface area contributed by atoms with Gasteiger partial charge in [-0.2, -0.15) is 0 Å². The maximum atomic E-state index is 13.3. The van der Waals surface area contributed by atoms with Gasteiger partial charge in [0.05, 0.1) is 29.7 Å². The van der Waals surface area contributed by atoms with Gasteiger partial charge >= 0.3 is 12.2 Å². The average molecular weight is 619 g/mol. The van der Waals surface area contributed by atoms with Crippen LogP contribution in [0.5, 0.6) is 5.75 Å². The van der Waals surface area contributed by atoms with Crippen molar-refractivity contribution in [3.8, 4) is 5.75 Å². The molecule has 2 heterocycles. The summed E-state index contributed by atoms with van der Waals surface area (Å²) in [6.45, 7) is 6.51. The van der Waals surface area contributed by atoms with Crippen LogP contribution in [0.1, 0.15) is 45.6 Å². The van der Waals surface area contributed by atoms with E-state index in [4.69, 9.17) is 18.9 Å². The van der Waals surface area contributed by atoms with Crippen LogP contribution in [0.25, 0.3) is 0 Å². The standard InChI is InChI=1S/C31H42N2O9S/c1-30(2,3)42-29(36)33(19-25(34)22-39-26-11-8-12-27(17-26)43(4,37)38)24-18-31(41-21-24)13-15-32(16-14-31)28(35)40-20-23-9-6-5-7-10-23/h5-12,17,24-25,34H,13-16,18-22H2,1-4H3/t24-,25-/m1/s1. The summed E-state index contributed by atoms with van der Waals surface area (Å²) in [7, 11) is -3.41. The Balaban J connectivity index is 1.34. The molecule has 2 amide bonds. The van der Waals surface area contributed by atoms with Gasteiger partial charge in [0.15, 0.2) is 9.84 Å². The fourth-order valence-electron chi connectivity index (χ4n) is 5.24. The van der Waals surface area contributed by atoms with Crippen molar-refractivity contribution >= 4 is 22.0 Å². The van der Waals surface area contributed by atoms with E-state index in [1.165, 1.54) is 17.0 Å². The molecule has 0 aromatic heterocycles. The van der Waals surface area contributed by atoms with Gasteiger partial charge in [0, 0.05) is 19.3 Å². The van der Waals surface area contributed by atoms with Crippen LogP contribution < -0.4 is 4.74 Å². The predicted molar refractivity (Wildman–Crippen MR) is 159 cm³/mol. The van der Waals surface area contributed by atoms with Crippen LogP contribution in [-0.2, 0) is 30.7 Å². The third-order valence-electron chi connectivity index (χ3n) is 7.48. The molecule has 2 aromatic carbocycles. The number of likely N-dealkylation sites (tertiary alicyclic amines) is 1. The number of amides is 2. The summed E-state index contributed by atoms with van der Waals surface area (Å²) in [5.74, 6) is 0.294. The molecule has 0 aliphatic carbocycles. The van der Waals surface area contributed by atoms with E-state index in [1.54, 1.807) is 37.8 Å². The number of hydrogen-bond acceptors (Lipinski definition) is 9. The van der Waals surface area contributed by atoms with Gasteiger partial charge in [0.1, 0.15) is 30.7 Å². The van der Waals surface area contributed by atoms with Gasteiger partial charge in [0.2, 0.25) is 0 Å². The molecule has 0 unspecified atom stereocenters. The monoisotopic (exact) mass is 618 g/mol. The van der Waals surface area contributed by atoms with E-state index in [9.17, 15) is 23.1 Å². The highest BCUT2D eigenvalue weighted by atomic mass is 32.2. The van der Waals surface area contributed by atoms with E-state index >= 15 is 0 Å². The lowest BCUT2D eigenvalue weighted by Crippen LogP contribution is -2.50. The van der Waals surface area contributed by atoms with Crippen molar-refractivity contribution in [2.24, 2.45) is 0 Å². The Morgan fingerprint density at radius 3 is 2.47 bits per heavy atom. The molecule has 2 aromatic rings. The molecule has 2 aliphatic heterocycles. The first-order valence-corrected chi connectivity index (χ1v) is 16.3. The summed E-state index contributed by atoms with van der Waals surface area (Å²) in [4.78, 5) is 29.2. The Kier molecular flexibility index (Phi) is 10.2. The molecule has 12 heteroatoms. The highest BCUT2D eigenvalue weighted by Crippen LogP contribution is 2.38. The summed E-state index contributed by atoms with van der Waals surface area (Å²) in [6, 6.07) is 15.2. The van der Waals surface area contributed by atoms with E-state index in [1.807, 2.05) is 30.3 Å². The Bertz CT molecular complexity index is 1350. The van der Waals surface area contributed by atoms with Crippen LogP contribution in [0.15, 0.2) is 59.5 Å². The number of hydrogen-bond donors (Lipinski definition) is 1. The van der Waals surface area contributed by atoms with Crippen molar-refractivity contribution in [3.63, 3.8) is 0 Å². The topological polar surface area (TPSA) is 132 Å². The lowest BCUT2D eigenvalue weighted by molar-refractivity contribution is -0.0432. The van der Waals surface area contributed by atoms with E-state index in [-0.39, 0.29) is 43.4 Å². The Hall–Kier alpha value is -3.35. The first-order valence-electron chi connectivity index (χ1n) is 14.4. The molecule has 1 N–H and O–H groups in total. The number of carbonyl (C=O) groups excluding carboxylic acids is 2. The lowest BCUT2D eigenvalue weighted by atomic mass is 9.87. The molecular formula is C31H42N2O9S. The molecular weight excluding hydrogens is 576 g/mol. The van der Waals surface area contributed by atoms with E-state index < -0.39 is 33.2 Å². The maximum absolute atomic E-state index is 13.3. The molecule has 236 valence electrons. The second-order valence-electron chi connectivity index (χ2n) is 12.2. The molecule has 0 saturated carbocycles. The third-order valence-corrected chi connectivity index (χ3v) is 8.59. The predicted octanol–water partition coefficient (Wildman–Crippen LogP) is 4.03. The summed E-state index contributed by atoms with van der Waals surface area (Å²) in [5, 5.41) is 10.9. The molecule has 4 rings (SSSR count). The number of nitrogens with zero attached hydrogens (tertiary/aromatic N) is 2. The smallest absolute Gasteiger partial charge is 0.410 e. The summed E-state index contributed by atoms with van der Waals surface area (Å²) in [6.07, 6.45) is 0.808. The molecule has 2 aliphatic rings. The van der Waals surface area contributed by atoms with Gasteiger partial charge in [-0.3, -0.25) is 0 Å². The highest BCUT2D eigenvalue weighted by molar-refractivity contribution is 7.90. The quantitative estimate of drug-likeness (QED) is 0.443. The normalized spacial score (nSPS) is 19.1. The van der Waals surface area contributed by atoms with Crippen LogP contribution in [-0.4, -0.2) is 98.0 Å². The van der Waals surface area contributed by atoms with E-state index in [2.05, 4.69) is 0 Å². The molecule has 2 fully saturated rings. The van der Waals surface area contributed by atoms with Crippen molar-refractivity contribution in [1.82, 2.24) is 9.80 Å². The number of carbonyl (C=O) groups is 2. The first-order chi connectivity index (χ1) is 20.2. The molecule has 2 atom stereocenters.